The molecule has 0 spiro atoms. The molecule has 1 N–H and O–H groups in total. The third-order valence-electron chi connectivity index (χ3n) is 6.56. The van der Waals surface area contributed by atoms with Gasteiger partial charge in [-0.05, 0) is 72.9 Å². The zero-order valence-corrected chi connectivity index (χ0v) is 18.8. The van der Waals surface area contributed by atoms with Crippen LogP contribution in [0.1, 0.15) is 42.7 Å². The molecule has 180 valence electrons. The Morgan fingerprint density at radius 1 is 0.794 bits per heavy atom. The van der Waals surface area contributed by atoms with Gasteiger partial charge in [0.2, 0.25) is 5.82 Å². The first-order chi connectivity index (χ1) is 16.4. The second-order valence-corrected chi connectivity index (χ2v) is 8.60. The highest BCUT2D eigenvalue weighted by atomic mass is 19.2. The fourth-order valence-corrected chi connectivity index (χ4v) is 4.49. The smallest absolute Gasteiger partial charge is 0.201 e. The van der Waals surface area contributed by atoms with E-state index in [1.54, 1.807) is 36.4 Å². The molecule has 1 aliphatic carbocycles. The molecule has 0 aliphatic heterocycles. The van der Waals surface area contributed by atoms with Crippen molar-refractivity contribution in [3.63, 3.8) is 0 Å². The number of halogens is 4. The zero-order valence-electron chi connectivity index (χ0n) is 18.8. The first kappa shape index (κ1) is 24.1. The summed E-state index contributed by atoms with van der Waals surface area (Å²) < 4.78 is 68.0. The SMILES string of the molecule is COc1ccc(COc2ccc(-c3ccc(C4CCC(CO)CC4)c(F)c3F)cc2)c(F)c1F. The van der Waals surface area contributed by atoms with Crippen molar-refractivity contribution in [1.82, 2.24) is 0 Å². The third kappa shape index (κ3) is 4.89. The number of methoxy groups -OCH3 is 1. The quantitative estimate of drug-likeness (QED) is 0.385. The first-order valence-electron chi connectivity index (χ1n) is 11.3. The van der Waals surface area contributed by atoms with Crippen LogP contribution in [0.2, 0.25) is 0 Å². The van der Waals surface area contributed by atoms with Gasteiger partial charge in [0.25, 0.3) is 0 Å². The molecular weight excluding hydrogens is 448 g/mol. The van der Waals surface area contributed by atoms with Gasteiger partial charge >= 0.3 is 0 Å². The van der Waals surface area contributed by atoms with E-state index in [-0.39, 0.29) is 41.9 Å². The van der Waals surface area contributed by atoms with Gasteiger partial charge in [0.05, 0.1) is 7.11 Å². The summed E-state index contributed by atoms with van der Waals surface area (Å²) in [5.41, 5.74) is 1.02. The number of rotatable bonds is 7. The molecule has 0 saturated heterocycles. The predicted molar refractivity (Wildman–Crippen MR) is 121 cm³/mol. The fourth-order valence-electron chi connectivity index (χ4n) is 4.49. The summed E-state index contributed by atoms with van der Waals surface area (Å²) in [6.45, 7) is -0.0730. The molecule has 0 unspecified atom stereocenters. The summed E-state index contributed by atoms with van der Waals surface area (Å²) in [5, 5.41) is 9.28. The highest BCUT2D eigenvalue weighted by Gasteiger charge is 2.26. The van der Waals surface area contributed by atoms with Crippen molar-refractivity contribution in [2.24, 2.45) is 5.92 Å². The molecule has 3 aromatic carbocycles. The standard InChI is InChI=1S/C27H26F4O3/c1-33-23-13-8-19(24(28)27(23)31)15-34-20-9-6-18(7-10-20)22-12-11-21(25(29)26(22)30)17-4-2-16(14-32)3-5-17/h6-13,16-17,32H,2-5,14-15H2,1H3. The Balaban J connectivity index is 1.46. The van der Waals surface area contributed by atoms with Gasteiger partial charge in [-0.15, -0.1) is 0 Å². The van der Waals surface area contributed by atoms with E-state index in [2.05, 4.69) is 0 Å². The molecular formula is C27H26F4O3. The Kier molecular flexibility index (Phi) is 7.41. The van der Waals surface area contributed by atoms with Crippen LogP contribution in [0.15, 0.2) is 48.5 Å². The normalized spacial score (nSPS) is 18.1. The highest BCUT2D eigenvalue weighted by Crippen LogP contribution is 2.39. The second kappa shape index (κ2) is 10.5. The molecule has 0 heterocycles. The zero-order chi connectivity index (χ0) is 24.2. The van der Waals surface area contributed by atoms with Crippen LogP contribution in [-0.4, -0.2) is 18.8 Å². The average Bonchev–Trinajstić information content (AvgIpc) is 2.87. The first-order valence-corrected chi connectivity index (χ1v) is 11.3. The van der Waals surface area contributed by atoms with Crippen molar-refractivity contribution in [2.45, 2.75) is 38.2 Å². The maximum absolute atomic E-state index is 14.9. The minimum atomic E-state index is -1.08. The summed E-state index contributed by atoms with van der Waals surface area (Å²) in [6.07, 6.45) is 3.06. The van der Waals surface area contributed by atoms with Crippen molar-refractivity contribution in [3.8, 4) is 22.6 Å². The Morgan fingerprint density at radius 3 is 2.15 bits per heavy atom. The van der Waals surface area contributed by atoms with Crippen LogP contribution in [-0.2, 0) is 6.61 Å². The van der Waals surface area contributed by atoms with E-state index >= 15 is 0 Å². The molecule has 7 heteroatoms. The van der Waals surface area contributed by atoms with E-state index in [0.29, 0.717) is 16.9 Å². The summed E-state index contributed by atoms with van der Waals surface area (Å²) >= 11 is 0. The van der Waals surface area contributed by atoms with Gasteiger partial charge in [0.1, 0.15) is 12.4 Å². The topological polar surface area (TPSA) is 38.7 Å². The van der Waals surface area contributed by atoms with Gasteiger partial charge in [-0.1, -0.05) is 24.3 Å². The number of aliphatic hydroxyl groups excluding tert-OH is 1. The molecule has 0 bridgehead atoms. The Hall–Kier alpha value is -3.06. The second-order valence-electron chi connectivity index (χ2n) is 8.60. The number of hydrogen-bond donors (Lipinski definition) is 1. The lowest BCUT2D eigenvalue weighted by Crippen LogP contribution is -2.17. The van der Waals surface area contributed by atoms with Gasteiger partial charge in [-0.3, -0.25) is 0 Å². The molecule has 0 atom stereocenters. The molecule has 3 aromatic rings. The van der Waals surface area contributed by atoms with Crippen LogP contribution < -0.4 is 9.47 Å². The van der Waals surface area contributed by atoms with E-state index in [9.17, 15) is 22.7 Å². The van der Waals surface area contributed by atoms with Crippen LogP contribution in [0.5, 0.6) is 11.5 Å². The molecule has 0 radical (unpaired) electrons. The van der Waals surface area contributed by atoms with E-state index in [1.807, 2.05) is 0 Å². The van der Waals surface area contributed by atoms with Gasteiger partial charge in [0.15, 0.2) is 23.2 Å². The lowest BCUT2D eigenvalue weighted by Gasteiger charge is -2.28. The largest absolute Gasteiger partial charge is 0.494 e. The van der Waals surface area contributed by atoms with Crippen molar-refractivity contribution in [2.75, 3.05) is 13.7 Å². The van der Waals surface area contributed by atoms with Crippen LogP contribution >= 0.6 is 0 Å². The van der Waals surface area contributed by atoms with Crippen molar-refractivity contribution in [1.29, 1.82) is 0 Å². The Morgan fingerprint density at radius 2 is 1.50 bits per heavy atom. The molecule has 34 heavy (non-hydrogen) atoms. The highest BCUT2D eigenvalue weighted by molar-refractivity contribution is 5.65. The van der Waals surface area contributed by atoms with E-state index < -0.39 is 23.3 Å². The van der Waals surface area contributed by atoms with E-state index in [4.69, 9.17) is 9.47 Å². The van der Waals surface area contributed by atoms with Crippen LogP contribution in [0, 0.1) is 29.2 Å². The Bertz CT molecular complexity index is 1140. The van der Waals surface area contributed by atoms with Crippen molar-refractivity contribution in [3.05, 3.63) is 82.9 Å². The summed E-state index contributed by atoms with van der Waals surface area (Å²) in [5.74, 6) is -3.48. The van der Waals surface area contributed by atoms with Gasteiger partial charge in [0, 0.05) is 17.7 Å². The summed E-state index contributed by atoms with van der Waals surface area (Å²) in [6, 6.07) is 12.2. The minimum absolute atomic E-state index is 0.0269. The molecule has 1 saturated carbocycles. The molecule has 1 aliphatic rings. The van der Waals surface area contributed by atoms with Crippen molar-refractivity contribution < 1.29 is 32.1 Å². The molecule has 0 aromatic heterocycles. The van der Waals surface area contributed by atoms with Crippen LogP contribution in [0.25, 0.3) is 11.1 Å². The number of benzene rings is 3. The lowest BCUT2D eigenvalue weighted by molar-refractivity contribution is 0.181. The van der Waals surface area contributed by atoms with Gasteiger partial charge in [-0.25, -0.2) is 13.2 Å². The summed E-state index contributed by atoms with van der Waals surface area (Å²) in [4.78, 5) is 0. The van der Waals surface area contributed by atoms with E-state index in [0.717, 1.165) is 25.7 Å². The monoisotopic (exact) mass is 474 g/mol. The molecule has 4 rings (SSSR count). The molecule has 1 fully saturated rings. The maximum atomic E-state index is 14.9. The molecule has 0 amide bonds. The van der Waals surface area contributed by atoms with Crippen molar-refractivity contribution >= 4 is 0 Å². The Labute approximate surface area is 196 Å². The predicted octanol–water partition coefficient (Wildman–Crippen LogP) is 6.76. The number of ether oxygens (including phenoxy) is 2. The molecule has 3 nitrogen and oxygen atoms in total. The van der Waals surface area contributed by atoms with E-state index in [1.165, 1.54) is 19.2 Å². The number of hydrogen-bond acceptors (Lipinski definition) is 3. The average molecular weight is 474 g/mol. The fraction of sp³-hybridized carbons (Fsp3) is 0.333. The van der Waals surface area contributed by atoms with Crippen LogP contribution in [0.3, 0.4) is 0 Å². The summed E-state index contributed by atoms with van der Waals surface area (Å²) in [7, 11) is 1.25. The van der Waals surface area contributed by atoms with Crippen LogP contribution in [0.4, 0.5) is 17.6 Å². The lowest BCUT2D eigenvalue weighted by atomic mass is 9.78. The minimum Gasteiger partial charge on any atom is -0.494 e. The maximum Gasteiger partial charge on any atom is 0.201 e. The van der Waals surface area contributed by atoms with Gasteiger partial charge < -0.3 is 14.6 Å². The van der Waals surface area contributed by atoms with Gasteiger partial charge in [-0.2, -0.15) is 4.39 Å². The number of aliphatic hydroxyl groups is 1. The third-order valence-corrected chi connectivity index (χ3v) is 6.56.